The van der Waals surface area contributed by atoms with Gasteiger partial charge in [0.2, 0.25) is 0 Å². The van der Waals surface area contributed by atoms with Crippen LogP contribution in [-0.4, -0.2) is 42.7 Å². The van der Waals surface area contributed by atoms with Crippen LogP contribution >= 0.6 is 0 Å². The maximum atomic E-state index is 13.2. The first-order valence-corrected chi connectivity index (χ1v) is 11.4. The van der Waals surface area contributed by atoms with E-state index in [1.54, 1.807) is 19.3 Å². The normalized spacial score (nSPS) is 18.8. The predicted molar refractivity (Wildman–Crippen MR) is 120 cm³/mol. The summed E-state index contributed by atoms with van der Waals surface area (Å²) in [5.74, 6) is -0.542. The summed E-state index contributed by atoms with van der Waals surface area (Å²) < 4.78 is 11.2. The highest BCUT2D eigenvalue weighted by atomic mass is 16.5. The van der Waals surface area contributed by atoms with E-state index in [2.05, 4.69) is 6.58 Å². The van der Waals surface area contributed by atoms with Gasteiger partial charge in [0.1, 0.15) is 6.61 Å². The second-order valence-electron chi connectivity index (χ2n) is 8.49. The first-order chi connectivity index (χ1) is 16.0. The lowest BCUT2D eigenvalue weighted by molar-refractivity contribution is -0.305. The molecule has 0 saturated heterocycles. The minimum absolute atomic E-state index is 0.00979. The summed E-state index contributed by atoms with van der Waals surface area (Å²) in [6.07, 6.45) is 5.08. The molecule has 4 rings (SSSR count). The van der Waals surface area contributed by atoms with Gasteiger partial charge in [0.15, 0.2) is 23.1 Å². The number of nitrogens with zero attached hydrogens (tertiary/aromatic N) is 1. The van der Waals surface area contributed by atoms with E-state index >= 15 is 0 Å². The number of ether oxygens (including phenoxy) is 2. The monoisotopic (exact) mass is 450 g/mol. The number of allylic oxidation sites excluding steroid dienone is 4. The van der Waals surface area contributed by atoms with Crippen molar-refractivity contribution in [3.63, 3.8) is 0 Å². The zero-order chi connectivity index (χ0) is 23.5. The molecule has 0 bridgehead atoms. The summed E-state index contributed by atoms with van der Waals surface area (Å²) in [6, 6.07) is 5.50. The molecule has 7 heteroatoms. The summed E-state index contributed by atoms with van der Waals surface area (Å²) in [6.45, 7) is 4.19. The zero-order valence-electron chi connectivity index (χ0n) is 18.9. The molecule has 0 amide bonds. The van der Waals surface area contributed by atoms with Crippen LogP contribution in [0, 0.1) is 0 Å². The summed E-state index contributed by atoms with van der Waals surface area (Å²) in [5, 5.41) is 11.2. The van der Waals surface area contributed by atoms with Gasteiger partial charge in [-0.15, -0.1) is 0 Å². The molecule has 0 aromatic heterocycles. The van der Waals surface area contributed by atoms with Crippen molar-refractivity contribution in [2.75, 3.05) is 20.3 Å². The van der Waals surface area contributed by atoms with E-state index in [0.29, 0.717) is 67.8 Å². The molecule has 0 atom stereocenters. The van der Waals surface area contributed by atoms with E-state index in [4.69, 9.17) is 9.47 Å². The zero-order valence-corrected chi connectivity index (χ0v) is 18.9. The Kier molecular flexibility index (Phi) is 6.67. The van der Waals surface area contributed by atoms with Gasteiger partial charge >= 0.3 is 0 Å². The molecule has 0 saturated carbocycles. The van der Waals surface area contributed by atoms with E-state index < -0.39 is 11.9 Å². The number of rotatable bonds is 8. The van der Waals surface area contributed by atoms with Crippen molar-refractivity contribution in [3.8, 4) is 11.5 Å². The number of hydrogen-bond acceptors (Lipinski definition) is 7. The Labute approximate surface area is 193 Å². The molecule has 0 radical (unpaired) electrons. The fourth-order valence-electron chi connectivity index (χ4n) is 5.15. The molecule has 2 aliphatic carbocycles. The lowest BCUT2D eigenvalue weighted by atomic mass is 9.71. The Morgan fingerprint density at radius 3 is 2.27 bits per heavy atom. The topological polar surface area (TPSA) is 96.0 Å². The number of hydrogen-bond donors (Lipinski definition) is 0. The van der Waals surface area contributed by atoms with Crippen LogP contribution in [0.4, 0.5) is 0 Å². The average Bonchev–Trinajstić information content (AvgIpc) is 2.81. The van der Waals surface area contributed by atoms with Crippen molar-refractivity contribution in [2.24, 2.45) is 0 Å². The number of methoxy groups -OCH3 is 1. The number of carbonyl (C=O) groups excluding carboxylic acids is 3. The van der Waals surface area contributed by atoms with Crippen molar-refractivity contribution >= 4 is 17.5 Å². The van der Waals surface area contributed by atoms with Crippen LogP contribution in [0.25, 0.3) is 0 Å². The molecule has 1 heterocycles. The van der Waals surface area contributed by atoms with Gasteiger partial charge in [0.05, 0.1) is 7.11 Å². The third-order valence-electron chi connectivity index (χ3n) is 6.50. The van der Waals surface area contributed by atoms with Crippen LogP contribution in [0.15, 0.2) is 53.4 Å². The fraction of sp³-hybridized carbons (Fsp3) is 0.423. The van der Waals surface area contributed by atoms with E-state index in [1.807, 2.05) is 17.0 Å². The Bertz CT molecular complexity index is 1020. The minimum atomic E-state index is -1.15. The number of benzene rings is 1. The number of carboxylic acid groups (broad SMARTS) is 1. The fourth-order valence-corrected chi connectivity index (χ4v) is 5.15. The highest BCUT2D eigenvalue weighted by molar-refractivity contribution is 6.06. The minimum Gasteiger partial charge on any atom is -0.550 e. The lowest BCUT2D eigenvalue weighted by Crippen LogP contribution is -2.40. The quantitative estimate of drug-likeness (QED) is 0.562. The molecule has 7 nitrogen and oxygen atoms in total. The molecule has 0 spiro atoms. The molecule has 0 N–H and O–H groups in total. The van der Waals surface area contributed by atoms with Crippen LogP contribution in [0.3, 0.4) is 0 Å². The third-order valence-corrected chi connectivity index (χ3v) is 6.50. The Morgan fingerprint density at radius 1 is 1.09 bits per heavy atom. The van der Waals surface area contributed by atoms with Crippen molar-refractivity contribution in [3.05, 3.63) is 59.0 Å². The molecular formula is C26H28NO6-. The Morgan fingerprint density at radius 2 is 1.73 bits per heavy atom. The van der Waals surface area contributed by atoms with Crippen molar-refractivity contribution < 1.29 is 29.0 Å². The average molecular weight is 451 g/mol. The van der Waals surface area contributed by atoms with Crippen molar-refractivity contribution in [2.45, 2.75) is 50.9 Å². The molecule has 33 heavy (non-hydrogen) atoms. The van der Waals surface area contributed by atoms with Gasteiger partial charge in [-0.1, -0.05) is 18.7 Å². The molecule has 0 unspecified atom stereocenters. The summed E-state index contributed by atoms with van der Waals surface area (Å²) in [5.41, 5.74) is 3.70. The first kappa shape index (κ1) is 22.8. The molecule has 174 valence electrons. The molecule has 1 aliphatic heterocycles. The third kappa shape index (κ3) is 4.32. The number of ketones is 2. The van der Waals surface area contributed by atoms with Gasteiger partial charge < -0.3 is 24.3 Å². The summed E-state index contributed by atoms with van der Waals surface area (Å²) >= 11 is 0. The second kappa shape index (κ2) is 9.65. The smallest absolute Gasteiger partial charge is 0.161 e. The maximum Gasteiger partial charge on any atom is 0.161 e. The number of carboxylic acids is 1. The van der Waals surface area contributed by atoms with Crippen LogP contribution in [-0.2, 0) is 14.4 Å². The maximum absolute atomic E-state index is 13.2. The standard InChI is InChI=1S/C26H29NO6/c1-3-14-33-21-11-10-16(15-22(21)32-2)24-25-17(6-4-8-19(25)28)27(13-12-23(30)31)18-7-5-9-20(29)26(18)24/h3,10-11,15,24H,1,4-9,12-14H2,2H3,(H,30,31)/p-1. The molecule has 0 fully saturated rings. The predicted octanol–water partition coefficient (Wildman–Crippen LogP) is 2.81. The van der Waals surface area contributed by atoms with Gasteiger partial charge in [0.25, 0.3) is 0 Å². The van der Waals surface area contributed by atoms with Gasteiger partial charge in [0, 0.05) is 60.2 Å². The molecule has 3 aliphatic rings. The largest absolute Gasteiger partial charge is 0.550 e. The number of Topliss-reactive ketones (excluding diaryl/α,β-unsaturated/α-hetero) is 2. The van der Waals surface area contributed by atoms with Crippen molar-refractivity contribution in [1.82, 2.24) is 4.90 Å². The van der Waals surface area contributed by atoms with Crippen LogP contribution in [0.2, 0.25) is 0 Å². The van der Waals surface area contributed by atoms with Crippen molar-refractivity contribution in [1.29, 1.82) is 0 Å². The Balaban J connectivity index is 1.87. The SMILES string of the molecule is C=CCOc1ccc(C2C3=C(CCCC3=O)N(CCC(=O)[O-])C3=C2C(=O)CCC3)cc1OC. The number of aliphatic carboxylic acids is 1. The summed E-state index contributed by atoms with van der Waals surface area (Å²) in [4.78, 5) is 39.6. The summed E-state index contributed by atoms with van der Waals surface area (Å²) in [7, 11) is 1.55. The highest BCUT2D eigenvalue weighted by Gasteiger charge is 2.43. The van der Waals surface area contributed by atoms with Gasteiger partial charge in [-0.05, 0) is 43.4 Å². The Hall–Kier alpha value is -3.35. The van der Waals surface area contributed by atoms with Crippen LogP contribution < -0.4 is 14.6 Å². The second-order valence-corrected chi connectivity index (χ2v) is 8.49. The van der Waals surface area contributed by atoms with Crippen LogP contribution in [0.5, 0.6) is 11.5 Å². The lowest BCUT2D eigenvalue weighted by Gasteiger charge is -2.44. The van der Waals surface area contributed by atoms with Gasteiger partial charge in [-0.2, -0.15) is 0 Å². The number of carbonyl (C=O) groups is 3. The molecule has 1 aromatic carbocycles. The van der Waals surface area contributed by atoms with E-state index in [1.165, 1.54) is 0 Å². The van der Waals surface area contributed by atoms with E-state index in [0.717, 1.165) is 17.0 Å². The van der Waals surface area contributed by atoms with Gasteiger partial charge in [-0.3, -0.25) is 9.59 Å². The highest BCUT2D eigenvalue weighted by Crippen LogP contribution is 2.50. The molecular weight excluding hydrogens is 422 g/mol. The van der Waals surface area contributed by atoms with E-state index in [-0.39, 0.29) is 24.5 Å². The van der Waals surface area contributed by atoms with Gasteiger partial charge in [-0.25, -0.2) is 0 Å². The molecule has 1 aromatic rings. The first-order valence-electron chi connectivity index (χ1n) is 11.4. The van der Waals surface area contributed by atoms with E-state index in [9.17, 15) is 19.5 Å². The van der Waals surface area contributed by atoms with Crippen LogP contribution in [0.1, 0.15) is 56.4 Å².